The molecule has 86 valence electrons. The molecule has 0 aromatic heterocycles. The number of ether oxygens (including phenoxy) is 1. The summed E-state index contributed by atoms with van der Waals surface area (Å²) < 4.78 is 5.47. The molecule has 4 heteroatoms. The van der Waals surface area contributed by atoms with E-state index in [1.807, 2.05) is 24.3 Å². The first-order chi connectivity index (χ1) is 7.83. The lowest BCUT2D eigenvalue weighted by molar-refractivity contribution is -0.134. The van der Waals surface area contributed by atoms with E-state index in [9.17, 15) is 4.79 Å². The van der Waals surface area contributed by atoms with Gasteiger partial charge in [-0.2, -0.15) is 0 Å². The van der Waals surface area contributed by atoms with Crippen LogP contribution in [0.3, 0.4) is 0 Å². The Bertz CT molecular complexity index is 378. The highest BCUT2D eigenvalue weighted by molar-refractivity contribution is 5.82. The summed E-state index contributed by atoms with van der Waals surface area (Å²) in [6, 6.07) is 7.80. The third kappa shape index (κ3) is 2.23. The van der Waals surface area contributed by atoms with Crippen molar-refractivity contribution >= 4 is 5.91 Å². The van der Waals surface area contributed by atoms with E-state index >= 15 is 0 Å². The van der Waals surface area contributed by atoms with Crippen LogP contribution in [-0.4, -0.2) is 30.8 Å². The van der Waals surface area contributed by atoms with Gasteiger partial charge in [-0.25, -0.2) is 0 Å². The van der Waals surface area contributed by atoms with Crippen molar-refractivity contribution in [2.75, 3.05) is 19.8 Å². The zero-order chi connectivity index (χ0) is 11.4. The van der Waals surface area contributed by atoms with Crippen LogP contribution in [0.15, 0.2) is 24.3 Å². The molecule has 1 amide bonds. The quantitative estimate of drug-likeness (QED) is 0.777. The molecule has 2 rings (SSSR count). The molecule has 0 aliphatic carbocycles. The van der Waals surface area contributed by atoms with Crippen LogP contribution in [-0.2, 0) is 16.0 Å². The molecule has 0 fully saturated rings. The van der Waals surface area contributed by atoms with Gasteiger partial charge in [0, 0.05) is 6.54 Å². The summed E-state index contributed by atoms with van der Waals surface area (Å²) in [6.07, 6.45) is 0.316. The van der Waals surface area contributed by atoms with Gasteiger partial charge in [-0.3, -0.25) is 4.79 Å². The van der Waals surface area contributed by atoms with Crippen molar-refractivity contribution < 1.29 is 14.6 Å². The number of carbonyl (C=O) groups excluding carboxylic acids is 1. The van der Waals surface area contributed by atoms with Crippen molar-refractivity contribution in [3.05, 3.63) is 35.4 Å². The summed E-state index contributed by atoms with van der Waals surface area (Å²) in [5, 5.41) is 11.3. The topological polar surface area (TPSA) is 58.6 Å². The highest BCUT2D eigenvalue weighted by Crippen LogP contribution is 2.26. The lowest BCUT2D eigenvalue weighted by Gasteiger charge is -2.25. The van der Waals surface area contributed by atoms with Crippen molar-refractivity contribution in [2.24, 2.45) is 0 Å². The number of benzene rings is 1. The van der Waals surface area contributed by atoms with Crippen LogP contribution in [0.5, 0.6) is 0 Å². The van der Waals surface area contributed by atoms with E-state index in [0.717, 1.165) is 17.5 Å². The van der Waals surface area contributed by atoms with Crippen LogP contribution in [0.4, 0.5) is 0 Å². The maximum Gasteiger partial charge on any atom is 0.253 e. The van der Waals surface area contributed by atoms with Crippen LogP contribution in [0.2, 0.25) is 0 Å². The Morgan fingerprint density at radius 3 is 3.12 bits per heavy atom. The van der Waals surface area contributed by atoms with Crippen molar-refractivity contribution in [1.82, 2.24) is 5.32 Å². The van der Waals surface area contributed by atoms with Gasteiger partial charge < -0.3 is 15.2 Å². The fourth-order valence-corrected chi connectivity index (χ4v) is 1.88. The zero-order valence-corrected chi connectivity index (χ0v) is 8.98. The molecule has 16 heavy (non-hydrogen) atoms. The summed E-state index contributed by atoms with van der Waals surface area (Å²) >= 11 is 0. The minimum Gasteiger partial charge on any atom is -0.395 e. The molecule has 0 spiro atoms. The third-order valence-electron chi connectivity index (χ3n) is 2.64. The van der Waals surface area contributed by atoms with Gasteiger partial charge in [0.1, 0.15) is 0 Å². The number of nitrogens with one attached hydrogen (secondary N) is 1. The zero-order valence-electron chi connectivity index (χ0n) is 8.98. The molecule has 1 aromatic rings. The molecule has 0 radical (unpaired) electrons. The fourth-order valence-electron chi connectivity index (χ4n) is 1.88. The standard InChI is InChI=1S/C12H15NO3/c14-7-6-13-12(15)11-10-4-2-1-3-9(10)5-8-16-11/h1-4,11,14H,5-8H2,(H,13,15). The van der Waals surface area contributed by atoms with Gasteiger partial charge in [0.25, 0.3) is 5.91 Å². The largest absolute Gasteiger partial charge is 0.395 e. The van der Waals surface area contributed by atoms with Gasteiger partial charge in [0.05, 0.1) is 13.2 Å². The second-order valence-electron chi connectivity index (χ2n) is 3.71. The van der Waals surface area contributed by atoms with Crippen LogP contribution in [0.25, 0.3) is 0 Å². The van der Waals surface area contributed by atoms with Crippen molar-refractivity contribution in [1.29, 1.82) is 0 Å². The van der Waals surface area contributed by atoms with Crippen molar-refractivity contribution in [3.63, 3.8) is 0 Å². The molecular formula is C12H15NO3. The number of hydrogen-bond donors (Lipinski definition) is 2. The number of rotatable bonds is 3. The third-order valence-corrected chi connectivity index (χ3v) is 2.64. The van der Waals surface area contributed by atoms with Crippen molar-refractivity contribution in [3.8, 4) is 0 Å². The Morgan fingerprint density at radius 1 is 1.50 bits per heavy atom. The summed E-state index contributed by atoms with van der Waals surface area (Å²) in [5.41, 5.74) is 2.10. The molecule has 1 aromatic carbocycles. The monoisotopic (exact) mass is 221 g/mol. The summed E-state index contributed by atoms with van der Waals surface area (Å²) in [7, 11) is 0. The van der Waals surface area contributed by atoms with E-state index in [1.54, 1.807) is 0 Å². The minimum atomic E-state index is -0.531. The van der Waals surface area contributed by atoms with Gasteiger partial charge in [-0.05, 0) is 17.5 Å². The molecule has 1 heterocycles. The normalized spacial score (nSPS) is 18.9. The van der Waals surface area contributed by atoms with E-state index < -0.39 is 6.10 Å². The molecule has 2 N–H and O–H groups in total. The van der Waals surface area contributed by atoms with Gasteiger partial charge >= 0.3 is 0 Å². The SMILES string of the molecule is O=C(NCCO)C1OCCc2ccccc21. The molecule has 1 aliphatic heterocycles. The maximum absolute atomic E-state index is 11.8. The first-order valence-corrected chi connectivity index (χ1v) is 5.41. The Labute approximate surface area is 94.2 Å². The molecule has 1 atom stereocenters. The number of fused-ring (bicyclic) bond motifs is 1. The number of hydrogen-bond acceptors (Lipinski definition) is 3. The summed E-state index contributed by atoms with van der Waals surface area (Å²) in [4.78, 5) is 11.8. The Kier molecular flexibility index (Phi) is 3.54. The predicted octanol–water partition coefficient (Wildman–Crippen LogP) is 0.409. The first kappa shape index (κ1) is 11.1. The summed E-state index contributed by atoms with van der Waals surface area (Å²) in [6.45, 7) is 0.773. The lowest BCUT2D eigenvalue weighted by Crippen LogP contribution is -2.35. The predicted molar refractivity (Wildman–Crippen MR) is 58.9 cm³/mol. The first-order valence-electron chi connectivity index (χ1n) is 5.41. The van der Waals surface area contributed by atoms with E-state index in [-0.39, 0.29) is 19.1 Å². The average Bonchev–Trinajstić information content (AvgIpc) is 2.35. The molecule has 0 bridgehead atoms. The van der Waals surface area contributed by atoms with Crippen LogP contribution in [0.1, 0.15) is 17.2 Å². The molecule has 1 unspecified atom stereocenters. The Balaban J connectivity index is 2.15. The van der Waals surface area contributed by atoms with E-state index in [4.69, 9.17) is 9.84 Å². The Morgan fingerprint density at radius 2 is 2.31 bits per heavy atom. The smallest absolute Gasteiger partial charge is 0.253 e. The molecule has 0 saturated heterocycles. The molecular weight excluding hydrogens is 206 g/mol. The second kappa shape index (κ2) is 5.09. The average molecular weight is 221 g/mol. The highest BCUT2D eigenvalue weighted by atomic mass is 16.5. The number of aliphatic hydroxyl groups excluding tert-OH is 1. The minimum absolute atomic E-state index is 0.0554. The van der Waals surface area contributed by atoms with Gasteiger partial charge in [-0.15, -0.1) is 0 Å². The molecule has 4 nitrogen and oxygen atoms in total. The van der Waals surface area contributed by atoms with Gasteiger partial charge in [-0.1, -0.05) is 24.3 Å². The van der Waals surface area contributed by atoms with E-state index in [0.29, 0.717) is 6.61 Å². The Hall–Kier alpha value is -1.39. The molecule has 0 saturated carbocycles. The highest BCUT2D eigenvalue weighted by Gasteiger charge is 2.26. The van der Waals surface area contributed by atoms with Crippen LogP contribution >= 0.6 is 0 Å². The number of carbonyl (C=O) groups is 1. The lowest BCUT2D eigenvalue weighted by atomic mass is 9.97. The van der Waals surface area contributed by atoms with E-state index in [2.05, 4.69) is 5.32 Å². The fraction of sp³-hybridized carbons (Fsp3) is 0.417. The van der Waals surface area contributed by atoms with E-state index in [1.165, 1.54) is 0 Å². The maximum atomic E-state index is 11.8. The van der Waals surface area contributed by atoms with Crippen molar-refractivity contribution in [2.45, 2.75) is 12.5 Å². The van der Waals surface area contributed by atoms with Gasteiger partial charge in [0.15, 0.2) is 6.10 Å². The molecule has 1 aliphatic rings. The van der Waals surface area contributed by atoms with Gasteiger partial charge in [0.2, 0.25) is 0 Å². The second-order valence-corrected chi connectivity index (χ2v) is 3.71. The van der Waals surface area contributed by atoms with Crippen LogP contribution in [0, 0.1) is 0 Å². The number of amides is 1. The summed E-state index contributed by atoms with van der Waals surface area (Å²) in [5.74, 6) is -0.179. The number of aliphatic hydroxyl groups is 1. The van der Waals surface area contributed by atoms with Crippen LogP contribution < -0.4 is 5.32 Å².